The Balaban J connectivity index is 2.06. The highest BCUT2D eigenvalue weighted by Gasteiger charge is 2.21. The van der Waals surface area contributed by atoms with E-state index >= 15 is 0 Å². The molecule has 0 radical (unpaired) electrons. The van der Waals surface area contributed by atoms with Crippen LogP contribution in [-0.4, -0.2) is 39.0 Å². The lowest BCUT2D eigenvalue weighted by atomic mass is 10.0. The van der Waals surface area contributed by atoms with Gasteiger partial charge in [0.2, 0.25) is 0 Å². The van der Waals surface area contributed by atoms with E-state index in [1.807, 2.05) is 11.8 Å². The molecule has 0 saturated carbocycles. The lowest BCUT2D eigenvalue weighted by Crippen LogP contribution is -2.19. The van der Waals surface area contributed by atoms with Crippen molar-refractivity contribution in [2.75, 3.05) is 23.4 Å². The van der Waals surface area contributed by atoms with Gasteiger partial charge in [-0.05, 0) is 30.3 Å². The average molecular weight is 297 g/mol. The summed E-state index contributed by atoms with van der Waals surface area (Å²) in [5, 5.41) is 22.8. The third-order valence-corrected chi connectivity index (χ3v) is 4.27. The molecule has 108 valence electrons. The number of carbonyl (C=O) groups is 1. The number of rotatable bonds is 5. The summed E-state index contributed by atoms with van der Waals surface area (Å²) in [6.07, 6.45) is 3.23. The normalized spacial score (nSPS) is 15.8. The van der Waals surface area contributed by atoms with Crippen molar-refractivity contribution in [3.63, 3.8) is 0 Å². The van der Waals surface area contributed by atoms with E-state index < -0.39 is 16.6 Å². The van der Waals surface area contributed by atoms with Crippen molar-refractivity contribution in [1.29, 1.82) is 0 Å². The monoisotopic (exact) mass is 297 g/mol. The maximum atomic E-state index is 11.0. The fourth-order valence-corrected chi connectivity index (χ4v) is 3.27. The van der Waals surface area contributed by atoms with Gasteiger partial charge in [-0.3, -0.25) is 10.1 Å². The van der Waals surface area contributed by atoms with E-state index in [-0.39, 0.29) is 5.56 Å². The molecule has 2 rings (SSSR count). The van der Waals surface area contributed by atoms with Crippen molar-refractivity contribution >= 4 is 29.2 Å². The largest absolute Gasteiger partial charge is 0.477 e. The third-order valence-electron chi connectivity index (χ3n) is 3.22. The number of thioether (sulfide) groups is 1. The molecule has 7 nitrogen and oxygen atoms in total. The van der Waals surface area contributed by atoms with Crippen molar-refractivity contribution in [3.8, 4) is 0 Å². The summed E-state index contributed by atoms with van der Waals surface area (Å²) in [5.74, 6) is 1.87. The van der Waals surface area contributed by atoms with Gasteiger partial charge in [0.1, 0.15) is 17.6 Å². The van der Waals surface area contributed by atoms with Crippen LogP contribution in [0.5, 0.6) is 0 Å². The van der Waals surface area contributed by atoms with Crippen molar-refractivity contribution in [1.82, 2.24) is 4.98 Å². The van der Waals surface area contributed by atoms with Crippen LogP contribution >= 0.6 is 11.8 Å². The van der Waals surface area contributed by atoms with Crippen LogP contribution in [0, 0.1) is 16.0 Å². The highest BCUT2D eigenvalue weighted by Crippen LogP contribution is 2.24. The van der Waals surface area contributed by atoms with Crippen LogP contribution in [0.2, 0.25) is 0 Å². The van der Waals surface area contributed by atoms with Crippen LogP contribution in [0.25, 0.3) is 0 Å². The van der Waals surface area contributed by atoms with Gasteiger partial charge in [-0.2, -0.15) is 11.8 Å². The van der Waals surface area contributed by atoms with Gasteiger partial charge in [0, 0.05) is 12.6 Å². The molecule has 1 saturated heterocycles. The molecule has 2 N–H and O–H groups in total. The van der Waals surface area contributed by atoms with E-state index in [0.717, 1.165) is 30.5 Å². The number of nitrogens with one attached hydrogen (secondary N) is 1. The van der Waals surface area contributed by atoms with E-state index in [4.69, 9.17) is 5.11 Å². The Bertz CT molecular complexity index is 517. The van der Waals surface area contributed by atoms with Crippen LogP contribution in [0.15, 0.2) is 12.3 Å². The summed E-state index contributed by atoms with van der Waals surface area (Å²) in [7, 11) is 0. The minimum atomic E-state index is -1.32. The standard InChI is InChI=1S/C12H15N3O4S/c16-12(17)9-5-11(14-7-10(9)15(18)19)13-6-8-1-3-20-4-2-8/h5,7-8H,1-4,6H2,(H,13,14)(H,16,17). The Morgan fingerprint density at radius 1 is 1.55 bits per heavy atom. The molecule has 1 fully saturated rings. The summed E-state index contributed by atoms with van der Waals surface area (Å²) in [5.41, 5.74) is -0.830. The minimum Gasteiger partial charge on any atom is -0.477 e. The summed E-state index contributed by atoms with van der Waals surface area (Å²) in [6.45, 7) is 0.713. The molecule has 0 bridgehead atoms. The lowest BCUT2D eigenvalue weighted by Gasteiger charge is -2.21. The zero-order valence-electron chi connectivity index (χ0n) is 10.7. The summed E-state index contributed by atoms with van der Waals surface area (Å²) in [6, 6.07) is 1.22. The number of anilines is 1. The molecule has 1 aliphatic heterocycles. The minimum absolute atomic E-state index is 0.341. The second-order valence-corrected chi connectivity index (χ2v) is 5.81. The third kappa shape index (κ3) is 3.60. The van der Waals surface area contributed by atoms with Gasteiger partial charge in [-0.1, -0.05) is 0 Å². The van der Waals surface area contributed by atoms with Crippen LogP contribution < -0.4 is 5.32 Å². The summed E-state index contributed by atoms with van der Waals surface area (Å²) >= 11 is 1.94. The zero-order chi connectivity index (χ0) is 14.5. The first kappa shape index (κ1) is 14.6. The number of hydrogen-bond donors (Lipinski definition) is 2. The SMILES string of the molecule is O=C(O)c1cc(NCC2CCSCC2)ncc1[N+](=O)[O-]. The number of aromatic nitrogens is 1. The number of pyridine rings is 1. The lowest BCUT2D eigenvalue weighted by molar-refractivity contribution is -0.385. The fraction of sp³-hybridized carbons (Fsp3) is 0.500. The molecule has 0 amide bonds. The van der Waals surface area contributed by atoms with Crippen molar-refractivity contribution in [3.05, 3.63) is 27.9 Å². The second kappa shape index (κ2) is 6.56. The van der Waals surface area contributed by atoms with Gasteiger partial charge in [0.05, 0.1) is 4.92 Å². The van der Waals surface area contributed by atoms with Crippen molar-refractivity contribution in [2.45, 2.75) is 12.8 Å². The first-order valence-corrected chi connectivity index (χ1v) is 7.42. The number of aromatic carboxylic acids is 1. The van der Waals surface area contributed by atoms with Gasteiger partial charge in [-0.15, -0.1) is 0 Å². The molecule has 1 aromatic rings. The molecular formula is C12H15N3O4S. The van der Waals surface area contributed by atoms with E-state index in [1.54, 1.807) is 0 Å². The van der Waals surface area contributed by atoms with Crippen molar-refractivity contribution in [2.24, 2.45) is 5.92 Å². The smallest absolute Gasteiger partial charge is 0.342 e. The van der Waals surface area contributed by atoms with Gasteiger partial charge in [-0.25, -0.2) is 9.78 Å². The van der Waals surface area contributed by atoms with Crippen LogP contribution in [-0.2, 0) is 0 Å². The van der Waals surface area contributed by atoms with E-state index in [0.29, 0.717) is 18.3 Å². The van der Waals surface area contributed by atoms with E-state index in [2.05, 4.69) is 10.3 Å². The van der Waals surface area contributed by atoms with Gasteiger partial charge in [0.15, 0.2) is 0 Å². The molecule has 0 unspecified atom stereocenters. The van der Waals surface area contributed by atoms with Crippen LogP contribution in [0.1, 0.15) is 23.2 Å². The first-order valence-electron chi connectivity index (χ1n) is 6.27. The fourth-order valence-electron chi connectivity index (χ4n) is 2.06. The molecule has 1 aromatic heterocycles. The Kier molecular flexibility index (Phi) is 4.78. The number of nitrogens with zero attached hydrogens (tertiary/aromatic N) is 2. The average Bonchev–Trinajstić information content (AvgIpc) is 2.45. The number of nitro groups is 1. The maximum Gasteiger partial charge on any atom is 0.342 e. The topological polar surface area (TPSA) is 105 Å². The molecule has 0 aromatic carbocycles. The van der Waals surface area contributed by atoms with Crippen LogP contribution in [0.3, 0.4) is 0 Å². The molecule has 0 spiro atoms. The number of carboxylic acid groups (broad SMARTS) is 1. The molecule has 0 atom stereocenters. The summed E-state index contributed by atoms with van der Waals surface area (Å²) in [4.78, 5) is 24.9. The number of hydrogen-bond acceptors (Lipinski definition) is 6. The Labute approximate surface area is 119 Å². The zero-order valence-corrected chi connectivity index (χ0v) is 11.6. The molecule has 0 aliphatic carbocycles. The van der Waals surface area contributed by atoms with Crippen molar-refractivity contribution < 1.29 is 14.8 Å². The first-order chi connectivity index (χ1) is 9.58. The highest BCUT2D eigenvalue weighted by molar-refractivity contribution is 7.99. The predicted octanol–water partition coefficient (Wildman–Crippen LogP) is 2.24. The maximum absolute atomic E-state index is 11.0. The van der Waals surface area contributed by atoms with Crippen LogP contribution in [0.4, 0.5) is 11.5 Å². The molecule has 2 heterocycles. The molecule has 1 aliphatic rings. The van der Waals surface area contributed by atoms with E-state index in [9.17, 15) is 14.9 Å². The van der Waals surface area contributed by atoms with E-state index in [1.165, 1.54) is 6.07 Å². The Hall–Kier alpha value is -1.83. The Morgan fingerprint density at radius 3 is 2.85 bits per heavy atom. The summed E-state index contributed by atoms with van der Waals surface area (Å²) < 4.78 is 0. The molecule has 20 heavy (non-hydrogen) atoms. The Morgan fingerprint density at radius 2 is 2.25 bits per heavy atom. The second-order valence-electron chi connectivity index (χ2n) is 4.59. The van der Waals surface area contributed by atoms with Gasteiger partial charge < -0.3 is 10.4 Å². The highest BCUT2D eigenvalue weighted by atomic mass is 32.2. The molecular weight excluding hydrogens is 282 g/mol. The van der Waals surface area contributed by atoms with Gasteiger partial charge in [0.25, 0.3) is 0 Å². The van der Waals surface area contributed by atoms with Gasteiger partial charge >= 0.3 is 11.7 Å². The molecule has 8 heteroatoms. The quantitative estimate of drug-likeness (QED) is 0.634. The predicted molar refractivity (Wildman–Crippen MR) is 76.4 cm³/mol. The number of carboxylic acids is 1.